The van der Waals surface area contributed by atoms with E-state index in [0.717, 1.165) is 31.3 Å². The summed E-state index contributed by atoms with van der Waals surface area (Å²) >= 11 is 0. The number of piperidine rings is 1. The molecule has 0 bridgehead atoms. The van der Waals surface area contributed by atoms with Crippen LogP contribution >= 0.6 is 0 Å². The maximum absolute atomic E-state index is 12.0. The van der Waals surface area contributed by atoms with Gasteiger partial charge < -0.3 is 9.80 Å². The van der Waals surface area contributed by atoms with Crippen LogP contribution in [0.1, 0.15) is 32.6 Å². The molecule has 22 heavy (non-hydrogen) atoms. The molecular formula is C15H24N4O2S. The van der Waals surface area contributed by atoms with Crippen LogP contribution in [0.25, 0.3) is 0 Å². The molecule has 0 spiro atoms. The third-order valence-electron chi connectivity index (χ3n) is 4.71. The number of rotatable bonds is 2. The Kier molecular flexibility index (Phi) is 4.52. The third-order valence-corrected chi connectivity index (χ3v) is 6.92. The fourth-order valence-electron chi connectivity index (χ4n) is 3.10. The summed E-state index contributed by atoms with van der Waals surface area (Å²) in [6.07, 6.45) is 5.96. The van der Waals surface area contributed by atoms with Crippen molar-refractivity contribution in [3.05, 3.63) is 12.4 Å². The second-order valence-electron chi connectivity index (χ2n) is 6.24. The molecule has 6 nitrogen and oxygen atoms in total. The number of hydrogen-bond donors (Lipinski definition) is 0. The molecule has 1 atom stereocenters. The number of nitrogens with zero attached hydrogens (tertiary/aromatic N) is 4. The third kappa shape index (κ3) is 3.34. The van der Waals surface area contributed by atoms with Gasteiger partial charge in [0, 0.05) is 32.2 Å². The van der Waals surface area contributed by atoms with Crippen LogP contribution in [-0.4, -0.2) is 55.6 Å². The number of anilines is 2. The zero-order valence-electron chi connectivity index (χ0n) is 13.1. The predicted octanol–water partition coefficient (Wildman–Crippen LogP) is 1.48. The number of sulfone groups is 1. The molecule has 1 aromatic heterocycles. The molecule has 0 amide bonds. The molecule has 7 heteroatoms. The van der Waals surface area contributed by atoms with Crippen molar-refractivity contribution in [1.29, 1.82) is 0 Å². The first-order valence-corrected chi connectivity index (χ1v) is 9.81. The van der Waals surface area contributed by atoms with Gasteiger partial charge >= 0.3 is 0 Å². The van der Waals surface area contributed by atoms with Gasteiger partial charge in [-0.05, 0) is 32.6 Å². The lowest BCUT2D eigenvalue weighted by atomic mass is 10.1. The van der Waals surface area contributed by atoms with Crippen molar-refractivity contribution in [2.75, 3.05) is 41.7 Å². The lowest BCUT2D eigenvalue weighted by Crippen LogP contribution is -2.31. The first-order chi connectivity index (χ1) is 10.6. The van der Waals surface area contributed by atoms with Crippen molar-refractivity contribution < 1.29 is 8.42 Å². The Balaban J connectivity index is 1.77. The highest BCUT2D eigenvalue weighted by molar-refractivity contribution is 7.92. The van der Waals surface area contributed by atoms with Gasteiger partial charge in [0.2, 0.25) is 0 Å². The highest BCUT2D eigenvalue weighted by Gasteiger charge is 2.27. The Bertz CT molecular complexity index is 614. The summed E-state index contributed by atoms with van der Waals surface area (Å²) in [7, 11) is -2.96. The zero-order valence-corrected chi connectivity index (χ0v) is 13.9. The molecule has 3 rings (SSSR count). The van der Waals surface area contributed by atoms with E-state index in [1.54, 1.807) is 13.3 Å². The van der Waals surface area contributed by atoms with Crippen LogP contribution in [0, 0.1) is 0 Å². The Morgan fingerprint density at radius 1 is 1.00 bits per heavy atom. The summed E-state index contributed by atoms with van der Waals surface area (Å²) in [5.74, 6) is 2.02. The molecule has 1 aromatic rings. The van der Waals surface area contributed by atoms with Gasteiger partial charge in [-0.25, -0.2) is 18.4 Å². The van der Waals surface area contributed by atoms with E-state index in [1.165, 1.54) is 19.3 Å². The lowest BCUT2D eigenvalue weighted by molar-refractivity contribution is 0.573. The molecule has 122 valence electrons. The molecule has 2 aliphatic heterocycles. The van der Waals surface area contributed by atoms with Gasteiger partial charge in [0.05, 0.1) is 11.0 Å². The normalized spacial score (nSPS) is 25.8. The van der Waals surface area contributed by atoms with Crippen LogP contribution in [0.4, 0.5) is 11.6 Å². The van der Waals surface area contributed by atoms with E-state index >= 15 is 0 Å². The van der Waals surface area contributed by atoms with E-state index < -0.39 is 9.84 Å². The topological polar surface area (TPSA) is 66.4 Å². The van der Waals surface area contributed by atoms with Crippen molar-refractivity contribution in [3.63, 3.8) is 0 Å². The molecule has 2 saturated heterocycles. The fraction of sp³-hybridized carbons (Fsp3) is 0.733. The average molecular weight is 324 g/mol. The Morgan fingerprint density at radius 2 is 1.64 bits per heavy atom. The van der Waals surface area contributed by atoms with E-state index in [4.69, 9.17) is 0 Å². The highest BCUT2D eigenvalue weighted by Crippen LogP contribution is 2.23. The van der Waals surface area contributed by atoms with E-state index in [-0.39, 0.29) is 11.0 Å². The Morgan fingerprint density at radius 3 is 2.32 bits per heavy atom. The molecule has 2 fully saturated rings. The molecule has 0 N–H and O–H groups in total. The van der Waals surface area contributed by atoms with Crippen molar-refractivity contribution in [2.24, 2.45) is 0 Å². The van der Waals surface area contributed by atoms with E-state index in [1.807, 2.05) is 6.07 Å². The molecule has 0 aromatic carbocycles. The van der Waals surface area contributed by atoms with Crippen LogP contribution in [0.2, 0.25) is 0 Å². The van der Waals surface area contributed by atoms with Gasteiger partial charge in [0.15, 0.2) is 9.84 Å². The maximum Gasteiger partial charge on any atom is 0.154 e. The van der Waals surface area contributed by atoms with Crippen molar-refractivity contribution in [1.82, 2.24) is 9.97 Å². The van der Waals surface area contributed by atoms with E-state index in [0.29, 0.717) is 13.0 Å². The Labute approximate surface area is 132 Å². The average Bonchev–Trinajstić information content (AvgIpc) is 2.68. The zero-order chi connectivity index (χ0) is 15.6. The summed E-state index contributed by atoms with van der Waals surface area (Å²) in [5.41, 5.74) is 0. The van der Waals surface area contributed by atoms with Crippen molar-refractivity contribution in [3.8, 4) is 0 Å². The molecule has 2 aliphatic rings. The summed E-state index contributed by atoms with van der Waals surface area (Å²) < 4.78 is 24.1. The summed E-state index contributed by atoms with van der Waals surface area (Å²) in [6, 6.07) is 2.01. The monoisotopic (exact) mass is 324 g/mol. The first-order valence-electron chi connectivity index (χ1n) is 8.10. The van der Waals surface area contributed by atoms with Crippen molar-refractivity contribution in [2.45, 2.75) is 37.9 Å². The smallest absolute Gasteiger partial charge is 0.154 e. The minimum Gasteiger partial charge on any atom is -0.356 e. The van der Waals surface area contributed by atoms with E-state index in [9.17, 15) is 8.42 Å². The SMILES string of the molecule is CC1CCN(c2cc(N3CCCCC3)ncn2)CCS1(=O)=O. The van der Waals surface area contributed by atoms with Gasteiger partial charge in [0.1, 0.15) is 18.0 Å². The Hall–Kier alpha value is -1.37. The molecule has 0 radical (unpaired) electrons. The molecule has 0 saturated carbocycles. The molecule has 3 heterocycles. The first kappa shape index (κ1) is 15.5. The minimum absolute atomic E-state index is 0.206. The van der Waals surface area contributed by atoms with Gasteiger partial charge in [0.25, 0.3) is 0 Å². The second kappa shape index (κ2) is 6.40. The summed E-state index contributed by atoms with van der Waals surface area (Å²) in [4.78, 5) is 13.1. The van der Waals surface area contributed by atoms with Crippen molar-refractivity contribution >= 4 is 21.5 Å². The quantitative estimate of drug-likeness (QED) is 0.821. The molecule has 0 aliphatic carbocycles. The summed E-state index contributed by atoms with van der Waals surface area (Å²) in [6.45, 7) is 5.14. The second-order valence-corrected chi connectivity index (χ2v) is 8.77. The highest BCUT2D eigenvalue weighted by atomic mass is 32.2. The van der Waals surface area contributed by atoms with Gasteiger partial charge in [-0.15, -0.1) is 0 Å². The number of aromatic nitrogens is 2. The molecular weight excluding hydrogens is 300 g/mol. The fourth-order valence-corrected chi connectivity index (χ4v) is 4.44. The standard InChI is InChI=1S/C15H24N4O2S/c1-13-5-8-19(9-10-22(13,20)21)15-11-14(16-12-17-15)18-6-3-2-4-7-18/h11-13H,2-10H2,1H3. The number of hydrogen-bond acceptors (Lipinski definition) is 6. The van der Waals surface area contributed by atoms with Crippen LogP contribution in [-0.2, 0) is 9.84 Å². The van der Waals surface area contributed by atoms with Crippen LogP contribution in [0.5, 0.6) is 0 Å². The molecule has 1 unspecified atom stereocenters. The van der Waals surface area contributed by atoms with Crippen LogP contribution < -0.4 is 9.80 Å². The van der Waals surface area contributed by atoms with E-state index in [2.05, 4.69) is 19.8 Å². The predicted molar refractivity (Wildman–Crippen MR) is 88.2 cm³/mol. The minimum atomic E-state index is -2.96. The van der Waals surface area contributed by atoms with Gasteiger partial charge in [-0.1, -0.05) is 0 Å². The van der Waals surface area contributed by atoms with Gasteiger partial charge in [-0.2, -0.15) is 0 Å². The summed E-state index contributed by atoms with van der Waals surface area (Å²) in [5, 5.41) is -0.263. The van der Waals surface area contributed by atoms with Gasteiger partial charge in [-0.3, -0.25) is 0 Å². The van der Waals surface area contributed by atoms with Crippen LogP contribution in [0.15, 0.2) is 12.4 Å². The maximum atomic E-state index is 12.0. The van der Waals surface area contributed by atoms with Crippen LogP contribution in [0.3, 0.4) is 0 Å². The lowest BCUT2D eigenvalue weighted by Gasteiger charge is -2.29. The largest absolute Gasteiger partial charge is 0.356 e.